The lowest BCUT2D eigenvalue weighted by Gasteiger charge is -2.31. The highest BCUT2D eigenvalue weighted by molar-refractivity contribution is 5.68. The number of nitrogens with one attached hydrogen (secondary N) is 2. The number of alkyl carbamates (subject to hydrolysis) is 1. The molecule has 0 spiro atoms. The summed E-state index contributed by atoms with van der Waals surface area (Å²) >= 11 is 0. The van der Waals surface area contributed by atoms with Crippen LogP contribution in [0.4, 0.5) is 4.79 Å². The van der Waals surface area contributed by atoms with Gasteiger partial charge in [-0.3, -0.25) is 4.90 Å². The molecule has 0 aromatic rings. The second kappa shape index (κ2) is 6.13. The number of hydrogen-bond donors (Lipinski definition) is 2. The highest BCUT2D eigenvalue weighted by atomic mass is 16.6. The van der Waals surface area contributed by atoms with Gasteiger partial charge in [-0.2, -0.15) is 0 Å². The quantitative estimate of drug-likeness (QED) is 0.834. The number of amides is 1. The van der Waals surface area contributed by atoms with E-state index in [0.717, 1.165) is 6.54 Å². The lowest BCUT2D eigenvalue weighted by atomic mass is 10.0. The van der Waals surface area contributed by atoms with Gasteiger partial charge in [-0.1, -0.05) is 0 Å². The van der Waals surface area contributed by atoms with Crippen molar-refractivity contribution in [2.75, 3.05) is 19.6 Å². The van der Waals surface area contributed by atoms with Crippen molar-refractivity contribution in [3.05, 3.63) is 0 Å². The third-order valence-electron chi connectivity index (χ3n) is 4.25. The van der Waals surface area contributed by atoms with Crippen LogP contribution in [0.5, 0.6) is 0 Å². The number of carbonyl (C=O) groups is 1. The summed E-state index contributed by atoms with van der Waals surface area (Å²) in [6, 6.07) is 1.26. The van der Waals surface area contributed by atoms with Crippen LogP contribution in [0.3, 0.4) is 0 Å². The van der Waals surface area contributed by atoms with Gasteiger partial charge in [0.2, 0.25) is 0 Å². The molecule has 0 bridgehead atoms. The first-order chi connectivity index (χ1) is 9.66. The largest absolute Gasteiger partial charge is 0.444 e. The molecule has 2 fully saturated rings. The number of nitrogens with zero attached hydrogens (tertiary/aromatic N) is 1. The Morgan fingerprint density at radius 1 is 1.19 bits per heavy atom. The first kappa shape index (κ1) is 16.6. The molecule has 0 radical (unpaired) electrons. The van der Waals surface area contributed by atoms with E-state index in [0.29, 0.717) is 12.1 Å². The van der Waals surface area contributed by atoms with Gasteiger partial charge in [0.05, 0.1) is 5.54 Å². The minimum atomic E-state index is -0.455. The van der Waals surface area contributed by atoms with E-state index in [4.69, 9.17) is 4.74 Å². The normalized spacial score (nSPS) is 26.7. The van der Waals surface area contributed by atoms with Crippen molar-refractivity contribution < 1.29 is 9.53 Å². The van der Waals surface area contributed by atoms with Gasteiger partial charge in [-0.15, -0.1) is 0 Å². The Morgan fingerprint density at radius 3 is 2.57 bits per heavy atom. The van der Waals surface area contributed by atoms with Crippen LogP contribution in [0.1, 0.15) is 53.9 Å². The number of ether oxygens (including phenoxy) is 1. The van der Waals surface area contributed by atoms with Crippen molar-refractivity contribution in [3.63, 3.8) is 0 Å². The first-order valence-electron chi connectivity index (χ1n) is 8.15. The molecule has 2 unspecified atom stereocenters. The van der Waals surface area contributed by atoms with Crippen molar-refractivity contribution in [3.8, 4) is 0 Å². The summed E-state index contributed by atoms with van der Waals surface area (Å²) < 4.78 is 5.33. The number of fused-ring (bicyclic) bond motifs is 1. The summed E-state index contributed by atoms with van der Waals surface area (Å²) in [4.78, 5) is 14.5. The van der Waals surface area contributed by atoms with E-state index in [9.17, 15) is 4.79 Å². The van der Waals surface area contributed by atoms with Crippen LogP contribution >= 0.6 is 0 Å². The molecule has 2 aliphatic heterocycles. The van der Waals surface area contributed by atoms with Gasteiger partial charge in [0, 0.05) is 25.2 Å². The average Bonchev–Trinajstić information content (AvgIpc) is 2.84. The topological polar surface area (TPSA) is 53.6 Å². The van der Waals surface area contributed by atoms with Gasteiger partial charge in [-0.25, -0.2) is 4.79 Å². The average molecular weight is 297 g/mol. The zero-order valence-electron chi connectivity index (χ0n) is 14.2. The van der Waals surface area contributed by atoms with Crippen molar-refractivity contribution in [2.24, 2.45) is 0 Å². The van der Waals surface area contributed by atoms with E-state index in [-0.39, 0.29) is 11.6 Å². The van der Waals surface area contributed by atoms with Gasteiger partial charge >= 0.3 is 6.09 Å². The van der Waals surface area contributed by atoms with E-state index >= 15 is 0 Å². The molecule has 2 heterocycles. The number of rotatable bonds is 4. The molecule has 2 atom stereocenters. The Bertz CT molecular complexity index is 376. The molecule has 0 aromatic heterocycles. The second-order valence-electron chi connectivity index (χ2n) is 8.03. The molecule has 2 rings (SSSR count). The van der Waals surface area contributed by atoms with E-state index in [2.05, 4.69) is 15.5 Å². The first-order valence-corrected chi connectivity index (χ1v) is 8.15. The van der Waals surface area contributed by atoms with Crippen LogP contribution in [0.15, 0.2) is 0 Å². The molecule has 5 nitrogen and oxygen atoms in total. The zero-order chi connectivity index (χ0) is 15.7. The van der Waals surface area contributed by atoms with Crippen molar-refractivity contribution >= 4 is 6.09 Å². The molecule has 2 aliphatic rings. The predicted octanol–water partition coefficient (Wildman–Crippen LogP) is 2.12. The molecule has 21 heavy (non-hydrogen) atoms. The fraction of sp³-hybridized carbons (Fsp3) is 0.938. The maximum absolute atomic E-state index is 11.9. The fourth-order valence-corrected chi connectivity index (χ4v) is 3.33. The van der Waals surface area contributed by atoms with E-state index < -0.39 is 5.60 Å². The fourth-order valence-electron chi connectivity index (χ4n) is 3.33. The van der Waals surface area contributed by atoms with Crippen molar-refractivity contribution in [1.29, 1.82) is 0 Å². The standard InChI is InChI=1S/C16H31N3O2/c1-15(2,3)21-14(20)18-16(4,5)11-17-12-8-10-19-9-6-7-13(12)19/h12-13,17H,6-11H2,1-5H3,(H,18,20). The van der Waals surface area contributed by atoms with Crippen molar-refractivity contribution in [1.82, 2.24) is 15.5 Å². The molecule has 5 heteroatoms. The SMILES string of the molecule is CC(C)(CNC1CCN2CCCC12)NC(=O)OC(C)(C)C. The third kappa shape index (κ3) is 4.85. The highest BCUT2D eigenvalue weighted by Gasteiger charge is 2.37. The molecule has 1 amide bonds. The molecule has 2 N–H and O–H groups in total. The van der Waals surface area contributed by atoms with Gasteiger partial charge < -0.3 is 15.4 Å². The third-order valence-corrected chi connectivity index (χ3v) is 4.25. The zero-order valence-corrected chi connectivity index (χ0v) is 14.2. The van der Waals surface area contributed by atoms with Crippen molar-refractivity contribution in [2.45, 2.75) is 77.1 Å². The number of carbonyl (C=O) groups excluding carboxylic acids is 1. The lowest BCUT2D eigenvalue weighted by Crippen LogP contribution is -2.54. The van der Waals surface area contributed by atoms with Crippen LogP contribution in [0, 0.1) is 0 Å². The Kier molecular flexibility index (Phi) is 4.83. The molecular formula is C16H31N3O2. The minimum absolute atomic E-state index is 0.311. The Labute approximate surface area is 128 Å². The molecule has 0 aromatic carbocycles. The smallest absolute Gasteiger partial charge is 0.408 e. The highest BCUT2D eigenvalue weighted by Crippen LogP contribution is 2.28. The van der Waals surface area contributed by atoms with Crippen LogP contribution in [0.2, 0.25) is 0 Å². The summed E-state index contributed by atoms with van der Waals surface area (Å²) in [6.07, 6.45) is 3.50. The van der Waals surface area contributed by atoms with E-state index in [1.54, 1.807) is 0 Å². The van der Waals surface area contributed by atoms with Crippen LogP contribution < -0.4 is 10.6 Å². The van der Waals surface area contributed by atoms with Crippen LogP contribution in [0.25, 0.3) is 0 Å². The minimum Gasteiger partial charge on any atom is -0.444 e. The van der Waals surface area contributed by atoms with E-state index in [1.807, 2.05) is 34.6 Å². The summed E-state index contributed by atoms with van der Waals surface area (Å²) in [5.41, 5.74) is -0.766. The maximum atomic E-state index is 11.9. The Morgan fingerprint density at radius 2 is 1.90 bits per heavy atom. The van der Waals surface area contributed by atoms with Crippen LogP contribution in [-0.4, -0.2) is 53.9 Å². The van der Waals surface area contributed by atoms with Crippen LogP contribution in [-0.2, 0) is 4.74 Å². The summed E-state index contributed by atoms with van der Waals surface area (Å²) in [6.45, 7) is 12.9. The molecular weight excluding hydrogens is 266 g/mol. The van der Waals surface area contributed by atoms with Gasteiger partial charge in [0.1, 0.15) is 5.60 Å². The maximum Gasteiger partial charge on any atom is 0.408 e. The lowest BCUT2D eigenvalue weighted by molar-refractivity contribution is 0.0470. The number of hydrogen-bond acceptors (Lipinski definition) is 4. The summed E-state index contributed by atoms with van der Waals surface area (Å²) in [5, 5.41) is 6.61. The van der Waals surface area contributed by atoms with E-state index in [1.165, 1.54) is 32.4 Å². The summed E-state index contributed by atoms with van der Waals surface area (Å²) in [5.74, 6) is 0. The Hall–Kier alpha value is -0.810. The van der Waals surface area contributed by atoms with Gasteiger partial charge in [0.25, 0.3) is 0 Å². The Balaban J connectivity index is 1.77. The van der Waals surface area contributed by atoms with Gasteiger partial charge in [0.15, 0.2) is 0 Å². The molecule has 122 valence electrons. The predicted molar refractivity (Wildman–Crippen MR) is 84.5 cm³/mol. The molecule has 0 aliphatic carbocycles. The van der Waals surface area contributed by atoms with Gasteiger partial charge in [-0.05, 0) is 60.4 Å². The summed E-state index contributed by atoms with van der Waals surface area (Å²) in [7, 11) is 0. The second-order valence-corrected chi connectivity index (χ2v) is 8.03. The molecule has 2 saturated heterocycles. The monoisotopic (exact) mass is 297 g/mol. The molecule has 0 saturated carbocycles.